The van der Waals surface area contributed by atoms with Crippen molar-refractivity contribution in [1.29, 1.82) is 0 Å². The topological polar surface area (TPSA) is 109 Å². The lowest BCUT2D eigenvalue weighted by atomic mass is 9.97. The van der Waals surface area contributed by atoms with Crippen LogP contribution in [0.2, 0.25) is 0 Å². The summed E-state index contributed by atoms with van der Waals surface area (Å²) in [5.74, 6) is -1.22. The van der Waals surface area contributed by atoms with Crippen molar-refractivity contribution in [3.05, 3.63) is 83.9 Å². The highest BCUT2D eigenvalue weighted by atomic mass is 16.5. The molecule has 2 N–H and O–H groups in total. The standard InChI is InChI=1S/C23H18N2O6/c1-14(26)31-18-8-4-16(5-9-18)23(25-21(29)12-13-22(25)30)15-2-6-17(7-3-15)24-19(27)10-11-20(24)28/h2-13,23,29-30H,1H3. The average molecular weight is 418 g/mol. The molecule has 2 aromatic carbocycles. The molecule has 8 nitrogen and oxygen atoms in total. The minimum atomic E-state index is -0.626. The summed E-state index contributed by atoms with van der Waals surface area (Å²) in [6.45, 7) is 1.31. The number of rotatable bonds is 5. The number of ether oxygens (including phenoxy) is 1. The van der Waals surface area contributed by atoms with Crippen molar-refractivity contribution < 1.29 is 29.3 Å². The van der Waals surface area contributed by atoms with Crippen molar-refractivity contribution in [2.24, 2.45) is 0 Å². The van der Waals surface area contributed by atoms with E-state index >= 15 is 0 Å². The summed E-state index contributed by atoms with van der Waals surface area (Å²) < 4.78 is 6.40. The SMILES string of the molecule is CC(=O)Oc1ccc(C(c2ccc(N3C(=O)C=CC3=O)cc2)n2c(O)ccc2O)cc1. The molecule has 0 spiro atoms. The van der Waals surface area contributed by atoms with Crippen LogP contribution in [0.15, 0.2) is 72.8 Å². The van der Waals surface area contributed by atoms with Gasteiger partial charge in [-0.15, -0.1) is 0 Å². The molecule has 0 fully saturated rings. The zero-order valence-corrected chi connectivity index (χ0v) is 16.4. The molecule has 0 bridgehead atoms. The predicted molar refractivity (Wildman–Crippen MR) is 111 cm³/mol. The Balaban J connectivity index is 1.74. The Labute approximate surface area is 177 Å². The Morgan fingerprint density at radius 1 is 0.806 bits per heavy atom. The molecule has 2 heterocycles. The molecule has 2 amide bonds. The van der Waals surface area contributed by atoms with Gasteiger partial charge in [-0.25, -0.2) is 4.90 Å². The smallest absolute Gasteiger partial charge is 0.308 e. The van der Waals surface area contributed by atoms with Crippen LogP contribution in [0.3, 0.4) is 0 Å². The molecule has 0 saturated carbocycles. The third kappa shape index (κ3) is 3.78. The Bertz CT molecular complexity index is 1150. The van der Waals surface area contributed by atoms with Gasteiger partial charge < -0.3 is 14.9 Å². The highest BCUT2D eigenvalue weighted by Crippen LogP contribution is 2.37. The molecule has 1 aromatic heterocycles. The number of hydrogen-bond acceptors (Lipinski definition) is 6. The molecule has 1 atom stereocenters. The molecule has 31 heavy (non-hydrogen) atoms. The van der Waals surface area contributed by atoms with Gasteiger partial charge >= 0.3 is 5.97 Å². The van der Waals surface area contributed by atoms with E-state index in [-0.39, 0.29) is 11.8 Å². The molecule has 0 radical (unpaired) electrons. The van der Waals surface area contributed by atoms with Gasteiger partial charge in [-0.05, 0) is 35.4 Å². The summed E-state index contributed by atoms with van der Waals surface area (Å²) in [5, 5.41) is 20.6. The summed E-state index contributed by atoms with van der Waals surface area (Å²) in [5.41, 5.74) is 1.78. The third-order valence-corrected chi connectivity index (χ3v) is 4.87. The summed E-state index contributed by atoms with van der Waals surface area (Å²) in [7, 11) is 0. The first-order chi connectivity index (χ1) is 14.8. The van der Waals surface area contributed by atoms with Crippen LogP contribution in [-0.4, -0.2) is 32.6 Å². The average Bonchev–Trinajstić information content (AvgIpc) is 3.25. The van der Waals surface area contributed by atoms with Crippen molar-refractivity contribution >= 4 is 23.5 Å². The Kier molecular flexibility index (Phi) is 5.04. The van der Waals surface area contributed by atoms with Gasteiger partial charge in [0.25, 0.3) is 11.8 Å². The maximum atomic E-state index is 11.9. The fourth-order valence-corrected chi connectivity index (χ4v) is 3.53. The Morgan fingerprint density at radius 3 is 1.77 bits per heavy atom. The van der Waals surface area contributed by atoms with Crippen molar-refractivity contribution in [2.45, 2.75) is 13.0 Å². The number of nitrogens with zero attached hydrogens (tertiary/aromatic N) is 2. The van der Waals surface area contributed by atoms with Crippen LogP contribution in [0.1, 0.15) is 24.1 Å². The molecule has 0 aliphatic carbocycles. The number of aromatic hydroxyl groups is 2. The van der Waals surface area contributed by atoms with Crippen LogP contribution in [0, 0.1) is 0 Å². The largest absolute Gasteiger partial charge is 0.494 e. The summed E-state index contributed by atoms with van der Waals surface area (Å²) in [6.07, 6.45) is 2.42. The van der Waals surface area contributed by atoms with Crippen LogP contribution < -0.4 is 9.64 Å². The zero-order chi connectivity index (χ0) is 22.1. The number of aromatic nitrogens is 1. The van der Waals surface area contributed by atoms with Crippen LogP contribution in [-0.2, 0) is 14.4 Å². The number of anilines is 1. The van der Waals surface area contributed by atoms with Crippen LogP contribution in [0.5, 0.6) is 17.5 Å². The summed E-state index contributed by atoms with van der Waals surface area (Å²) in [4.78, 5) is 36.1. The maximum absolute atomic E-state index is 11.9. The van der Waals surface area contributed by atoms with Crippen LogP contribution >= 0.6 is 0 Å². The molecular weight excluding hydrogens is 400 g/mol. The lowest BCUT2D eigenvalue weighted by molar-refractivity contribution is -0.132. The monoisotopic (exact) mass is 418 g/mol. The third-order valence-electron chi connectivity index (χ3n) is 4.87. The molecule has 1 aliphatic rings. The van der Waals surface area contributed by atoms with E-state index in [9.17, 15) is 24.6 Å². The van der Waals surface area contributed by atoms with Gasteiger partial charge in [0.15, 0.2) is 11.8 Å². The number of benzene rings is 2. The Morgan fingerprint density at radius 2 is 1.29 bits per heavy atom. The number of carbonyl (C=O) groups is 3. The second-order valence-electron chi connectivity index (χ2n) is 6.92. The van der Waals surface area contributed by atoms with Gasteiger partial charge in [0, 0.05) is 31.2 Å². The van der Waals surface area contributed by atoms with E-state index in [4.69, 9.17) is 4.74 Å². The highest BCUT2D eigenvalue weighted by molar-refractivity contribution is 6.28. The van der Waals surface area contributed by atoms with E-state index in [2.05, 4.69) is 0 Å². The molecule has 0 saturated heterocycles. The first-order valence-corrected chi connectivity index (χ1v) is 9.39. The minimum Gasteiger partial charge on any atom is -0.494 e. The minimum absolute atomic E-state index is 0.148. The van der Waals surface area contributed by atoms with Gasteiger partial charge in [0.05, 0.1) is 11.7 Å². The van der Waals surface area contributed by atoms with Gasteiger partial charge in [-0.2, -0.15) is 0 Å². The van der Waals surface area contributed by atoms with E-state index < -0.39 is 23.8 Å². The van der Waals surface area contributed by atoms with E-state index in [0.717, 1.165) is 4.90 Å². The van der Waals surface area contributed by atoms with Gasteiger partial charge in [-0.3, -0.25) is 19.0 Å². The molecule has 8 heteroatoms. The summed E-state index contributed by atoms with van der Waals surface area (Å²) >= 11 is 0. The fourth-order valence-electron chi connectivity index (χ4n) is 3.53. The lowest BCUT2D eigenvalue weighted by Gasteiger charge is -2.23. The normalized spacial score (nSPS) is 14.2. The van der Waals surface area contributed by atoms with Gasteiger partial charge in [0.1, 0.15) is 5.75 Å². The van der Waals surface area contributed by atoms with Crippen molar-refractivity contribution in [1.82, 2.24) is 4.57 Å². The number of amides is 2. The first-order valence-electron chi connectivity index (χ1n) is 9.39. The van der Waals surface area contributed by atoms with Crippen molar-refractivity contribution in [2.75, 3.05) is 4.90 Å². The molecule has 156 valence electrons. The second kappa shape index (κ2) is 7.83. The number of hydrogen-bond donors (Lipinski definition) is 2. The van der Waals surface area contributed by atoms with Crippen LogP contribution in [0.25, 0.3) is 0 Å². The molecule has 4 rings (SSSR count). The van der Waals surface area contributed by atoms with Crippen molar-refractivity contribution in [3.8, 4) is 17.5 Å². The quantitative estimate of drug-likeness (QED) is 0.375. The van der Waals surface area contributed by atoms with Crippen LogP contribution in [0.4, 0.5) is 5.69 Å². The number of imide groups is 1. The van der Waals surface area contributed by atoms with E-state index in [1.807, 2.05) is 0 Å². The number of carbonyl (C=O) groups excluding carboxylic acids is 3. The first kappa shape index (κ1) is 20.0. The van der Waals surface area contributed by atoms with E-state index in [1.54, 1.807) is 48.5 Å². The zero-order valence-electron chi connectivity index (χ0n) is 16.4. The number of esters is 1. The molecule has 3 aromatic rings. The summed E-state index contributed by atoms with van der Waals surface area (Å²) in [6, 6.07) is 15.4. The van der Waals surface area contributed by atoms with Gasteiger partial charge in [-0.1, -0.05) is 24.3 Å². The molecule has 1 unspecified atom stereocenters. The Hall–Kier alpha value is -4.33. The maximum Gasteiger partial charge on any atom is 0.308 e. The molecule has 1 aliphatic heterocycles. The van der Waals surface area contributed by atoms with Gasteiger partial charge in [0.2, 0.25) is 0 Å². The van der Waals surface area contributed by atoms with E-state index in [0.29, 0.717) is 22.6 Å². The lowest BCUT2D eigenvalue weighted by Crippen LogP contribution is -2.29. The predicted octanol–water partition coefficient (Wildman–Crippen LogP) is 2.89. The fraction of sp³-hybridized carbons (Fsp3) is 0.0870. The second-order valence-corrected chi connectivity index (χ2v) is 6.92. The molecular formula is C23H18N2O6. The van der Waals surface area contributed by atoms with Crippen molar-refractivity contribution in [3.63, 3.8) is 0 Å². The van der Waals surface area contributed by atoms with E-state index in [1.165, 1.54) is 35.8 Å². The highest BCUT2D eigenvalue weighted by Gasteiger charge is 2.26.